The number of benzene rings is 2. The highest BCUT2D eigenvalue weighted by molar-refractivity contribution is 5.48. The molecule has 0 radical (unpaired) electrons. The summed E-state index contributed by atoms with van der Waals surface area (Å²) in [6, 6.07) is 16.1. The van der Waals surface area contributed by atoms with Crippen molar-refractivity contribution in [1.82, 2.24) is 0 Å². The second-order valence-electron chi connectivity index (χ2n) is 6.49. The number of anilines is 2. The normalized spacial score (nSPS) is 23.2. The molecule has 0 amide bonds. The van der Waals surface area contributed by atoms with Gasteiger partial charge < -0.3 is 16.2 Å². The van der Waals surface area contributed by atoms with Gasteiger partial charge in [-0.2, -0.15) is 0 Å². The highest BCUT2D eigenvalue weighted by Gasteiger charge is 2.64. The molecule has 0 spiro atoms. The molecule has 1 fully saturated rings. The van der Waals surface area contributed by atoms with Gasteiger partial charge in [0.05, 0.1) is 5.60 Å². The second kappa shape index (κ2) is 4.50. The first-order valence-corrected chi connectivity index (χ1v) is 7.24. The van der Waals surface area contributed by atoms with Crippen LogP contribution in [0.25, 0.3) is 0 Å². The number of hydrogen-bond acceptors (Lipinski definition) is 3. The molecule has 0 saturated carbocycles. The summed E-state index contributed by atoms with van der Waals surface area (Å²) in [6.45, 7) is 6.44. The molecule has 2 aromatic carbocycles. The molecule has 0 aromatic heterocycles. The molecule has 3 rings (SSSR count). The van der Waals surface area contributed by atoms with Gasteiger partial charge in [-0.25, -0.2) is 0 Å². The molecule has 3 nitrogen and oxygen atoms in total. The van der Waals surface area contributed by atoms with Gasteiger partial charge in [0.15, 0.2) is 0 Å². The highest BCUT2D eigenvalue weighted by Crippen LogP contribution is 2.57. The largest absolute Gasteiger partial charge is 0.399 e. The third-order valence-corrected chi connectivity index (χ3v) is 4.71. The number of nitrogen functional groups attached to an aromatic ring is 2. The lowest BCUT2D eigenvalue weighted by Gasteiger charge is -2.24. The fourth-order valence-electron chi connectivity index (χ4n) is 3.12. The van der Waals surface area contributed by atoms with Crippen molar-refractivity contribution < 1.29 is 4.74 Å². The quantitative estimate of drug-likeness (QED) is 0.668. The maximum absolute atomic E-state index is 6.06. The maximum atomic E-state index is 6.06. The summed E-state index contributed by atoms with van der Waals surface area (Å²) in [5.41, 5.74) is 15.2. The summed E-state index contributed by atoms with van der Waals surface area (Å²) in [7, 11) is 0. The van der Waals surface area contributed by atoms with Gasteiger partial charge in [-0.1, -0.05) is 24.3 Å². The molecule has 1 heterocycles. The van der Waals surface area contributed by atoms with E-state index in [2.05, 4.69) is 45.0 Å². The van der Waals surface area contributed by atoms with Crippen LogP contribution in [0, 0.1) is 0 Å². The molecule has 1 aliphatic heterocycles. The predicted octanol–water partition coefficient (Wildman–Crippen LogP) is 3.55. The molecule has 0 aliphatic carbocycles. The Hall–Kier alpha value is -2.00. The Morgan fingerprint density at radius 3 is 1.38 bits per heavy atom. The van der Waals surface area contributed by atoms with Crippen LogP contribution in [0.3, 0.4) is 0 Å². The zero-order chi connectivity index (χ0) is 15.3. The van der Waals surface area contributed by atoms with Crippen molar-refractivity contribution in [2.24, 2.45) is 0 Å². The molecular weight excluding hydrogens is 260 g/mol. The molecule has 3 heteroatoms. The van der Waals surface area contributed by atoms with Gasteiger partial charge in [0.1, 0.15) is 5.60 Å². The van der Waals surface area contributed by atoms with Gasteiger partial charge >= 0.3 is 0 Å². The first-order valence-electron chi connectivity index (χ1n) is 7.24. The van der Waals surface area contributed by atoms with Crippen molar-refractivity contribution in [2.75, 3.05) is 11.5 Å². The van der Waals surface area contributed by atoms with E-state index >= 15 is 0 Å². The second-order valence-corrected chi connectivity index (χ2v) is 6.49. The van der Waals surface area contributed by atoms with E-state index in [1.54, 1.807) is 0 Å². The smallest absolute Gasteiger partial charge is 0.105 e. The van der Waals surface area contributed by atoms with Gasteiger partial charge in [-0.05, 0) is 56.2 Å². The molecule has 4 N–H and O–H groups in total. The van der Waals surface area contributed by atoms with Crippen LogP contribution in [0.5, 0.6) is 0 Å². The molecule has 1 atom stereocenters. The number of epoxide rings is 1. The number of hydrogen-bond donors (Lipinski definition) is 2. The summed E-state index contributed by atoms with van der Waals surface area (Å²) in [5.74, 6) is 0.161. The number of nitrogens with two attached hydrogens (primary N) is 2. The van der Waals surface area contributed by atoms with Crippen molar-refractivity contribution in [2.45, 2.75) is 37.9 Å². The molecule has 110 valence electrons. The van der Waals surface area contributed by atoms with Gasteiger partial charge in [0.25, 0.3) is 0 Å². The van der Waals surface area contributed by atoms with E-state index < -0.39 is 0 Å². The van der Waals surface area contributed by atoms with E-state index in [0.717, 1.165) is 11.4 Å². The zero-order valence-electron chi connectivity index (χ0n) is 12.8. The lowest BCUT2D eigenvalue weighted by Crippen LogP contribution is -2.26. The molecular formula is C18H22N2O. The Morgan fingerprint density at radius 2 is 1.10 bits per heavy atom. The highest BCUT2D eigenvalue weighted by atomic mass is 16.6. The van der Waals surface area contributed by atoms with Crippen LogP contribution in [-0.2, 0) is 4.74 Å². The maximum Gasteiger partial charge on any atom is 0.105 e. The molecule has 2 aromatic rings. The fraction of sp³-hybridized carbons (Fsp3) is 0.333. The van der Waals surface area contributed by atoms with Crippen LogP contribution < -0.4 is 11.5 Å². The molecule has 1 aliphatic rings. The standard InChI is InChI=1S/C18H22N2O/c1-17(2)18(3,21-17)16(12-4-8-14(19)9-5-12)13-6-10-15(20)11-7-13/h4-11,16H,19-20H2,1-3H3. The SMILES string of the molecule is CC1(C)OC1(C)C(c1ccc(N)cc1)c1ccc(N)cc1. The van der Waals surface area contributed by atoms with E-state index in [1.165, 1.54) is 11.1 Å². The fourth-order valence-corrected chi connectivity index (χ4v) is 3.12. The molecule has 1 unspecified atom stereocenters. The zero-order valence-corrected chi connectivity index (χ0v) is 12.8. The Bertz CT molecular complexity index is 600. The van der Waals surface area contributed by atoms with E-state index in [4.69, 9.17) is 16.2 Å². The van der Waals surface area contributed by atoms with Crippen LogP contribution in [0.2, 0.25) is 0 Å². The Kier molecular flexibility index (Phi) is 2.99. The third kappa shape index (κ3) is 2.28. The Balaban J connectivity index is 2.08. The predicted molar refractivity (Wildman–Crippen MR) is 87.1 cm³/mol. The van der Waals surface area contributed by atoms with Crippen molar-refractivity contribution in [1.29, 1.82) is 0 Å². The monoisotopic (exact) mass is 282 g/mol. The van der Waals surface area contributed by atoms with Crippen LogP contribution in [0.1, 0.15) is 37.8 Å². The van der Waals surface area contributed by atoms with Gasteiger partial charge in [0.2, 0.25) is 0 Å². The van der Waals surface area contributed by atoms with Crippen LogP contribution >= 0.6 is 0 Å². The van der Waals surface area contributed by atoms with Crippen molar-refractivity contribution in [3.63, 3.8) is 0 Å². The summed E-state index contributed by atoms with van der Waals surface area (Å²) in [5, 5.41) is 0. The number of rotatable bonds is 3. The lowest BCUT2D eigenvalue weighted by atomic mass is 9.76. The van der Waals surface area contributed by atoms with Gasteiger partial charge in [-0.15, -0.1) is 0 Å². The van der Waals surface area contributed by atoms with Gasteiger partial charge in [-0.3, -0.25) is 0 Å². The van der Waals surface area contributed by atoms with Crippen molar-refractivity contribution in [3.8, 4) is 0 Å². The molecule has 1 saturated heterocycles. The van der Waals surface area contributed by atoms with Crippen LogP contribution in [0.15, 0.2) is 48.5 Å². The minimum atomic E-state index is -0.223. The first kappa shape index (κ1) is 14.0. The Morgan fingerprint density at radius 1 is 0.762 bits per heavy atom. The first-order chi connectivity index (χ1) is 9.83. The van der Waals surface area contributed by atoms with E-state index in [1.807, 2.05) is 24.3 Å². The van der Waals surface area contributed by atoms with E-state index in [9.17, 15) is 0 Å². The van der Waals surface area contributed by atoms with E-state index in [-0.39, 0.29) is 17.1 Å². The van der Waals surface area contributed by atoms with E-state index in [0.29, 0.717) is 0 Å². The van der Waals surface area contributed by atoms with Crippen molar-refractivity contribution in [3.05, 3.63) is 59.7 Å². The molecule has 21 heavy (non-hydrogen) atoms. The summed E-state index contributed by atoms with van der Waals surface area (Å²) >= 11 is 0. The van der Waals surface area contributed by atoms with Crippen molar-refractivity contribution >= 4 is 11.4 Å². The number of ether oxygens (including phenoxy) is 1. The average molecular weight is 282 g/mol. The van der Waals surface area contributed by atoms with Crippen LogP contribution in [-0.4, -0.2) is 11.2 Å². The molecule has 0 bridgehead atoms. The summed E-state index contributed by atoms with van der Waals surface area (Å²) < 4.78 is 6.06. The average Bonchev–Trinajstić information content (AvgIpc) is 2.94. The third-order valence-electron chi connectivity index (χ3n) is 4.71. The minimum absolute atomic E-state index is 0.138. The Labute approximate surface area is 125 Å². The minimum Gasteiger partial charge on any atom is -0.399 e. The summed E-state index contributed by atoms with van der Waals surface area (Å²) in [6.07, 6.45) is 0. The topological polar surface area (TPSA) is 64.6 Å². The van der Waals surface area contributed by atoms with Gasteiger partial charge in [0, 0.05) is 17.3 Å². The van der Waals surface area contributed by atoms with Crippen LogP contribution in [0.4, 0.5) is 11.4 Å². The lowest BCUT2D eigenvalue weighted by molar-refractivity contribution is 0.272. The summed E-state index contributed by atoms with van der Waals surface area (Å²) in [4.78, 5) is 0.